The SMILES string of the molecule is COc1ccc2c(c1)CCCN2C(=O)/C=C/c1ccc(-c2ccccc2)cc1. The van der Waals surface area contributed by atoms with Crippen LogP contribution in [0.3, 0.4) is 0 Å². The van der Waals surface area contributed by atoms with E-state index in [-0.39, 0.29) is 5.91 Å². The molecular weight excluding hydrogens is 346 g/mol. The van der Waals surface area contributed by atoms with Gasteiger partial charge in [0.25, 0.3) is 5.91 Å². The number of hydrogen-bond acceptors (Lipinski definition) is 2. The molecule has 1 amide bonds. The molecule has 28 heavy (non-hydrogen) atoms. The summed E-state index contributed by atoms with van der Waals surface area (Å²) in [5.41, 5.74) is 5.53. The van der Waals surface area contributed by atoms with E-state index in [0.717, 1.165) is 36.4 Å². The molecule has 0 aromatic heterocycles. The largest absolute Gasteiger partial charge is 0.497 e. The molecule has 1 aliphatic heterocycles. The topological polar surface area (TPSA) is 29.5 Å². The Morgan fingerprint density at radius 2 is 1.71 bits per heavy atom. The minimum Gasteiger partial charge on any atom is -0.497 e. The Balaban J connectivity index is 1.49. The van der Waals surface area contributed by atoms with Crippen LogP contribution in [0.1, 0.15) is 17.5 Å². The van der Waals surface area contributed by atoms with Gasteiger partial charge in [-0.3, -0.25) is 4.79 Å². The molecule has 0 bridgehead atoms. The fourth-order valence-electron chi connectivity index (χ4n) is 3.60. The predicted molar refractivity (Wildman–Crippen MR) is 115 cm³/mol. The summed E-state index contributed by atoms with van der Waals surface area (Å²) in [5.74, 6) is 0.848. The van der Waals surface area contributed by atoms with E-state index in [4.69, 9.17) is 4.74 Å². The standard InChI is InChI=1S/C25H23NO2/c1-28-23-14-15-24-22(18-23)8-5-17-26(24)25(27)16-11-19-9-12-21(13-10-19)20-6-3-2-4-7-20/h2-4,6-7,9-16,18H,5,8,17H2,1H3/b16-11+. The van der Waals surface area contributed by atoms with E-state index in [2.05, 4.69) is 24.3 Å². The Morgan fingerprint density at radius 3 is 2.46 bits per heavy atom. The van der Waals surface area contributed by atoms with E-state index in [1.54, 1.807) is 13.2 Å². The van der Waals surface area contributed by atoms with Crippen molar-refractivity contribution in [2.45, 2.75) is 12.8 Å². The molecule has 0 unspecified atom stereocenters. The van der Waals surface area contributed by atoms with E-state index >= 15 is 0 Å². The smallest absolute Gasteiger partial charge is 0.250 e. The Morgan fingerprint density at radius 1 is 0.964 bits per heavy atom. The minimum atomic E-state index is 0.0123. The van der Waals surface area contributed by atoms with Crippen molar-refractivity contribution < 1.29 is 9.53 Å². The molecule has 0 spiro atoms. The number of amides is 1. The van der Waals surface area contributed by atoms with Crippen molar-refractivity contribution in [3.05, 3.63) is 90.0 Å². The van der Waals surface area contributed by atoms with Gasteiger partial charge in [0.05, 0.1) is 7.11 Å². The first-order valence-electron chi connectivity index (χ1n) is 9.56. The molecule has 0 atom stereocenters. The first-order valence-corrected chi connectivity index (χ1v) is 9.56. The molecule has 3 heteroatoms. The average Bonchev–Trinajstić information content (AvgIpc) is 2.77. The molecule has 1 aliphatic rings. The van der Waals surface area contributed by atoms with Gasteiger partial charge in [0, 0.05) is 18.3 Å². The van der Waals surface area contributed by atoms with Crippen molar-refractivity contribution >= 4 is 17.7 Å². The van der Waals surface area contributed by atoms with Gasteiger partial charge in [0.1, 0.15) is 5.75 Å². The summed E-state index contributed by atoms with van der Waals surface area (Å²) < 4.78 is 5.31. The number of aryl methyl sites for hydroxylation is 1. The van der Waals surface area contributed by atoms with E-state index in [1.807, 2.05) is 59.5 Å². The van der Waals surface area contributed by atoms with Gasteiger partial charge >= 0.3 is 0 Å². The van der Waals surface area contributed by atoms with Crippen LogP contribution in [0.25, 0.3) is 17.2 Å². The lowest BCUT2D eigenvalue weighted by atomic mass is 10.0. The van der Waals surface area contributed by atoms with Gasteiger partial charge in [0.2, 0.25) is 0 Å². The maximum absolute atomic E-state index is 12.8. The molecule has 1 heterocycles. The molecular formula is C25H23NO2. The summed E-state index contributed by atoms with van der Waals surface area (Å²) in [7, 11) is 1.67. The maximum Gasteiger partial charge on any atom is 0.250 e. The van der Waals surface area contributed by atoms with Crippen molar-refractivity contribution in [1.82, 2.24) is 0 Å². The highest BCUT2D eigenvalue weighted by Crippen LogP contribution is 2.30. The highest BCUT2D eigenvalue weighted by Gasteiger charge is 2.21. The van der Waals surface area contributed by atoms with Crippen LogP contribution < -0.4 is 9.64 Å². The van der Waals surface area contributed by atoms with Crippen molar-refractivity contribution in [1.29, 1.82) is 0 Å². The Bertz CT molecular complexity index is 991. The summed E-state index contributed by atoms with van der Waals surface area (Å²) in [6.07, 6.45) is 5.48. The Hall–Kier alpha value is -3.33. The van der Waals surface area contributed by atoms with E-state index in [9.17, 15) is 4.79 Å². The monoisotopic (exact) mass is 369 g/mol. The van der Waals surface area contributed by atoms with Crippen molar-refractivity contribution in [3.63, 3.8) is 0 Å². The lowest BCUT2D eigenvalue weighted by molar-refractivity contribution is -0.114. The minimum absolute atomic E-state index is 0.0123. The third kappa shape index (κ3) is 3.84. The number of rotatable bonds is 4. The number of fused-ring (bicyclic) bond motifs is 1. The molecule has 0 saturated carbocycles. The molecule has 3 aromatic rings. The maximum atomic E-state index is 12.8. The Labute approximate surface area is 165 Å². The number of anilines is 1. The quantitative estimate of drug-likeness (QED) is 0.580. The van der Waals surface area contributed by atoms with Gasteiger partial charge in [-0.15, -0.1) is 0 Å². The molecule has 140 valence electrons. The molecule has 0 saturated heterocycles. The molecule has 3 nitrogen and oxygen atoms in total. The van der Waals surface area contributed by atoms with Crippen molar-refractivity contribution in [2.75, 3.05) is 18.6 Å². The number of carbonyl (C=O) groups is 1. The second-order valence-electron chi connectivity index (χ2n) is 6.91. The van der Waals surface area contributed by atoms with Crippen LogP contribution in [0.2, 0.25) is 0 Å². The number of ether oxygens (including phenoxy) is 1. The zero-order valence-corrected chi connectivity index (χ0v) is 16.0. The molecule has 4 rings (SSSR count). The van der Waals surface area contributed by atoms with Crippen molar-refractivity contribution in [3.8, 4) is 16.9 Å². The van der Waals surface area contributed by atoms with Crippen LogP contribution in [0.4, 0.5) is 5.69 Å². The summed E-state index contributed by atoms with van der Waals surface area (Å²) in [6, 6.07) is 24.5. The highest BCUT2D eigenvalue weighted by molar-refractivity contribution is 6.04. The number of carbonyl (C=O) groups excluding carboxylic acids is 1. The fourth-order valence-corrected chi connectivity index (χ4v) is 3.60. The van der Waals surface area contributed by atoms with Crippen LogP contribution in [0, 0.1) is 0 Å². The van der Waals surface area contributed by atoms with Crippen LogP contribution in [-0.4, -0.2) is 19.6 Å². The first-order chi connectivity index (χ1) is 13.7. The fraction of sp³-hybridized carbons (Fsp3) is 0.160. The van der Waals surface area contributed by atoms with Crippen LogP contribution in [-0.2, 0) is 11.2 Å². The summed E-state index contributed by atoms with van der Waals surface area (Å²) in [6.45, 7) is 0.745. The zero-order valence-electron chi connectivity index (χ0n) is 16.0. The molecule has 0 radical (unpaired) electrons. The van der Waals surface area contributed by atoms with Crippen LogP contribution >= 0.6 is 0 Å². The summed E-state index contributed by atoms with van der Waals surface area (Å²) in [5, 5.41) is 0. The number of nitrogens with zero attached hydrogens (tertiary/aromatic N) is 1. The molecule has 3 aromatic carbocycles. The normalized spacial score (nSPS) is 13.4. The predicted octanol–water partition coefficient (Wildman–Crippen LogP) is 5.35. The van der Waals surface area contributed by atoms with Crippen LogP contribution in [0.15, 0.2) is 78.9 Å². The second-order valence-corrected chi connectivity index (χ2v) is 6.91. The van der Waals surface area contributed by atoms with Gasteiger partial charge < -0.3 is 9.64 Å². The zero-order chi connectivity index (χ0) is 19.3. The molecule has 0 aliphatic carbocycles. The average molecular weight is 369 g/mol. The summed E-state index contributed by atoms with van der Waals surface area (Å²) >= 11 is 0. The summed E-state index contributed by atoms with van der Waals surface area (Å²) in [4.78, 5) is 14.6. The lowest BCUT2D eigenvalue weighted by Gasteiger charge is -2.29. The molecule has 0 N–H and O–H groups in total. The number of benzene rings is 3. The Kier molecular flexibility index (Phi) is 5.24. The third-order valence-corrected chi connectivity index (χ3v) is 5.11. The number of hydrogen-bond donors (Lipinski definition) is 0. The van der Waals surface area contributed by atoms with Gasteiger partial charge in [-0.2, -0.15) is 0 Å². The van der Waals surface area contributed by atoms with E-state index < -0.39 is 0 Å². The number of methoxy groups -OCH3 is 1. The second kappa shape index (κ2) is 8.13. The van der Waals surface area contributed by atoms with Gasteiger partial charge in [0.15, 0.2) is 0 Å². The van der Waals surface area contributed by atoms with Crippen molar-refractivity contribution in [2.24, 2.45) is 0 Å². The lowest BCUT2D eigenvalue weighted by Crippen LogP contribution is -2.34. The third-order valence-electron chi connectivity index (χ3n) is 5.11. The first kappa shape index (κ1) is 18.1. The van der Waals surface area contributed by atoms with Gasteiger partial charge in [-0.1, -0.05) is 54.6 Å². The van der Waals surface area contributed by atoms with E-state index in [0.29, 0.717) is 0 Å². The molecule has 0 fully saturated rings. The van der Waals surface area contributed by atoms with E-state index in [1.165, 1.54) is 16.7 Å². The van der Waals surface area contributed by atoms with Gasteiger partial charge in [-0.25, -0.2) is 0 Å². The highest BCUT2D eigenvalue weighted by atomic mass is 16.5. The van der Waals surface area contributed by atoms with Gasteiger partial charge in [-0.05, 0) is 59.4 Å². The van der Waals surface area contributed by atoms with Crippen LogP contribution in [0.5, 0.6) is 5.75 Å².